The van der Waals surface area contributed by atoms with Crippen molar-refractivity contribution in [3.8, 4) is 6.07 Å². The molecule has 3 saturated heterocycles. The molecule has 4 aliphatic rings. The summed E-state index contributed by atoms with van der Waals surface area (Å²) in [6.45, 7) is 4.73. The zero-order valence-electron chi connectivity index (χ0n) is 24.1. The van der Waals surface area contributed by atoms with Crippen molar-refractivity contribution in [2.75, 3.05) is 18.0 Å². The summed E-state index contributed by atoms with van der Waals surface area (Å²) in [6, 6.07) is 8.13. The second-order valence-electron chi connectivity index (χ2n) is 13.2. The number of ether oxygens (including phenoxy) is 1. The second-order valence-corrected chi connectivity index (χ2v) is 13.2. The average molecular weight is 599 g/mol. The lowest BCUT2D eigenvalue weighted by molar-refractivity contribution is -0.191. The maximum absolute atomic E-state index is 14.5. The fourth-order valence-corrected chi connectivity index (χ4v) is 7.46. The van der Waals surface area contributed by atoms with Crippen LogP contribution < -0.4 is 15.8 Å². The van der Waals surface area contributed by atoms with Gasteiger partial charge < -0.3 is 14.5 Å². The van der Waals surface area contributed by atoms with Crippen LogP contribution in [0.3, 0.4) is 0 Å². The van der Waals surface area contributed by atoms with E-state index in [0.717, 1.165) is 12.8 Å². The quantitative estimate of drug-likeness (QED) is 0.507. The minimum atomic E-state index is -4.66. The van der Waals surface area contributed by atoms with Gasteiger partial charge in [-0.15, -0.1) is 0 Å². The number of carbonyl (C=O) groups is 3. The summed E-state index contributed by atoms with van der Waals surface area (Å²) >= 11 is 0. The number of amides is 3. The van der Waals surface area contributed by atoms with Gasteiger partial charge in [-0.2, -0.15) is 18.4 Å². The third kappa shape index (κ3) is 4.62. The summed E-state index contributed by atoms with van der Waals surface area (Å²) in [7, 11) is 0. The fraction of sp³-hybridized carbons (Fsp3) is 0.567. The monoisotopic (exact) mass is 598 g/mol. The Hall–Kier alpha value is -4.08. The Morgan fingerprint density at radius 2 is 1.77 bits per heavy atom. The van der Waals surface area contributed by atoms with Crippen molar-refractivity contribution >= 4 is 34.5 Å². The van der Waals surface area contributed by atoms with E-state index in [1.165, 1.54) is 17.2 Å². The van der Waals surface area contributed by atoms with E-state index in [9.17, 15) is 32.8 Å². The number of piperidine rings is 2. The van der Waals surface area contributed by atoms with Gasteiger partial charge in [0.05, 0.1) is 16.5 Å². The lowest BCUT2D eigenvalue weighted by Gasteiger charge is -2.39. The van der Waals surface area contributed by atoms with Crippen LogP contribution in [0.1, 0.15) is 58.4 Å². The molecule has 13 heteroatoms. The molecule has 3 amide bonds. The number of nitriles is 1. The second kappa shape index (κ2) is 9.72. The summed E-state index contributed by atoms with van der Waals surface area (Å²) in [6.07, 6.45) is -1.73. The van der Waals surface area contributed by atoms with Crippen LogP contribution in [0.4, 0.5) is 23.7 Å². The molecule has 10 nitrogen and oxygen atoms in total. The Bertz CT molecular complexity index is 1540. The number of hydrazine groups is 1. The minimum Gasteiger partial charge on any atom is -0.444 e. The molecular weight excluding hydrogens is 565 g/mol. The van der Waals surface area contributed by atoms with Crippen LogP contribution >= 0.6 is 0 Å². The summed E-state index contributed by atoms with van der Waals surface area (Å²) in [5.74, 6) is -1.87. The highest BCUT2D eigenvalue weighted by Crippen LogP contribution is 2.75. The molecule has 228 valence electrons. The van der Waals surface area contributed by atoms with E-state index in [2.05, 4.69) is 21.9 Å². The van der Waals surface area contributed by atoms with Gasteiger partial charge in [-0.25, -0.2) is 4.79 Å². The number of fused-ring (bicyclic) bond motifs is 4. The number of rotatable bonds is 3. The van der Waals surface area contributed by atoms with Gasteiger partial charge in [0.15, 0.2) is 0 Å². The smallest absolute Gasteiger partial charge is 0.410 e. The van der Waals surface area contributed by atoms with Crippen LogP contribution in [0, 0.1) is 28.1 Å². The third-order valence-electron chi connectivity index (χ3n) is 9.51. The molecule has 1 unspecified atom stereocenters. The predicted octanol–water partition coefficient (Wildman–Crippen LogP) is 4.19. The van der Waals surface area contributed by atoms with Gasteiger partial charge in [0.2, 0.25) is 11.8 Å². The first-order chi connectivity index (χ1) is 20.2. The lowest BCUT2D eigenvalue weighted by atomic mass is 9.90. The average Bonchev–Trinajstić information content (AvgIpc) is 3.37. The van der Waals surface area contributed by atoms with E-state index in [0.29, 0.717) is 35.0 Å². The number of pyridine rings is 1. The number of nitrogens with zero attached hydrogens (tertiary/aromatic N) is 4. The molecule has 1 aliphatic carbocycles. The molecule has 4 heterocycles. The Morgan fingerprint density at radius 1 is 1.07 bits per heavy atom. The first-order valence-corrected chi connectivity index (χ1v) is 14.4. The molecule has 1 saturated carbocycles. The summed E-state index contributed by atoms with van der Waals surface area (Å²) in [4.78, 5) is 46.7. The van der Waals surface area contributed by atoms with Gasteiger partial charge in [0.1, 0.15) is 17.1 Å². The number of nitrogens with one attached hydrogen (secondary N) is 2. The first-order valence-electron chi connectivity index (χ1n) is 14.4. The standard InChI is InChI=1S/C30H33F3N6O4/c1-27(2,3)43-26(42)39-19-7-8-20(39)12-18(11-19)24(40)36-37-25(41)28-14-29(28,30(31,32)33)16-38(15-28)22-9-6-17(13-34)23-21(22)5-4-10-35-23/h4-6,9-10,18-20H,7-8,11-12,14-16H2,1-3H3,(H,36,40)(H,37,41)/t18?,19-,20+,28-,29-/m0/s1. The first kappa shape index (κ1) is 29.0. The highest BCUT2D eigenvalue weighted by molar-refractivity contribution is 5.97. The molecule has 4 fully saturated rings. The van der Waals surface area contributed by atoms with Gasteiger partial charge in [0.25, 0.3) is 0 Å². The number of halogens is 3. The molecule has 2 N–H and O–H groups in total. The van der Waals surface area contributed by atoms with Crippen molar-refractivity contribution < 1.29 is 32.3 Å². The molecule has 5 atom stereocenters. The molecule has 3 aliphatic heterocycles. The van der Waals surface area contributed by atoms with Crippen LogP contribution in [0.25, 0.3) is 10.9 Å². The van der Waals surface area contributed by atoms with Crippen molar-refractivity contribution in [2.24, 2.45) is 16.7 Å². The fourth-order valence-electron chi connectivity index (χ4n) is 7.46. The van der Waals surface area contributed by atoms with Crippen molar-refractivity contribution in [3.63, 3.8) is 0 Å². The topological polar surface area (TPSA) is 128 Å². The summed E-state index contributed by atoms with van der Waals surface area (Å²) in [5, 5.41) is 9.97. The maximum Gasteiger partial charge on any atom is 0.410 e. The molecule has 6 rings (SSSR count). The molecule has 1 aromatic heterocycles. The number of carbonyl (C=O) groups excluding carboxylic acids is 3. The van der Waals surface area contributed by atoms with Gasteiger partial charge in [-0.1, -0.05) is 0 Å². The van der Waals surface area contributed by atoms with E-state index in [4.69, 9.17) is 4.74 Å². The number of aromatic nitrogens is 1. The molecule has 0 spiro atoms. The minimum absolute atomic E-state index is 0.180. The number of hydrogen-bond donors (Lipinski definition) is 2. The summed E-state index contributed by atoms with van der Waals surface area (Å²) in [5.41, 5.74) is 1.15. The van der Waals surface area contributed by atoms with Crippen molar-refractivity contribution in [1.82, 2.24) is 20.7 Å². The Morgan fingerprint density at radius 3 is 2.40 bits per heavy atom. The zero-order valence-corrected chi connectivity index (χ0v) is 24.1. The predicted molar refractivity (Wildman–Crippen MR) is 148 cm³/mol. The molecule has 2 aromatic rings. The number of alkyl halides is 3. The molecule has 43 heavy (non-hydrogen) atoms. The largest absolute Gasteiger partial charge is 0.444 e. The van der Waals surface area contributed by atoms with Crippen LogP contribution in [-0.4, -0.2) is 64.7 Å². The zero-order chi connectivity index (χ0) is 30.9. The van der Waals surface area contributed by atoms with E-state index < -0.39 is 53.0 Å². The number of hydrogen-bond acceptors (Lipinski definition) is 7. The van der Waals surface area contributed by atoms with Crippen molar-refractivity contribution in [1.29, 1.82) is 5.26 Å². The Kier molecular flexibility index (Phi) is 6.56. The van der Waals surface area contributed by atoms with Crippen LogP contribution in [0.2, 0.25) is 0 Å². The SMILES string of the molecule is CC(C)(C)OC(=O)N1[C@@H]2CC[C@H]1CC(C(=O)NNC(=O)[C@]13CN(c4ccc(C#N)c5ncccc45)C[C@@]1(C(F)(F)F)C3)C2. The highest BCUT2D eigenvalue weighted by Gasteiger charge is 2.86. The molecule has 0 radical (unpaired) electrons. The van der Waals surface area contributed by atoms with Crippen LogP contribution in [-0.2, 0) is 14.3 Å². The van der Waals surface area contributed by atoms with E-state index in [1.54, 1.807) is 43.9 Å². The van der Waals surface area contributed by atoms with Crippen molar-refractivity contribution in [2.45, 2.75) is 76.7 Å². The van der Waals surface area contributed by atoms with Crippen LogP contribution in [0.15, 0.2) is 30.5 Å². The highest BCUT2D eigenvalue weighted by atomic mass is 19.4. The van der Waals surface area contributed by atoms with E-state index in [1.807, 2.05) is 0 Å². The normalized spacial score (nSPS) is 29.6. The van der Waals surface area contributed by atoms with E-state index in [-0.39, 0.29) is 25.0 Å². The molecule has 1 aromatic carbocycles. The maximum atomic E-state index is 14.5. The van der Waals surface area contributed by atoms with Gasteiger partial charge >= 0.3 is 12.3 Å². The molecular formula is C30H33F3N6O4. The molecule has 2 bridgehead atoms. The lowest BCUT2D eigenvalue weighted by Crippen LogP contribution is -2.54. The Labute approximate surface area is 246 Å². The number of anilines is 1. The van der Waals surface area contributed by atoms with Gasteiger partial charge in [0, 0.05) is 48.4 Å². The van der Waals surface area contributed by atoms with Crippen molar-refractivity contribution in [3.05, 3.63) is 36.0 Å². The number of benzene rings is 1. The van der Waals surface area contributed by atoms with Gasteiger partial charge in [-0.05, 0) is 77.1 Å². The Balaban J connectivity index is 1.15. The summed E-state index contributed by atoms with van der Waals surface area (Å²) < 4.78 is 49.1. The third-order valence-corrected chi connectivity index (χ3v) is 9.51. The van der Waals surface area contributed by atoms with Crippen LogP contribution in [0.5, 0.6) is 0 Å². The van der Waals surface area contributed by atoms with E-state index >= 15 is 0 Å². The van der Waals surface area contributed by atoms with Gasteiger partial charge in [-0.3, -0.25) is 25.4 Å².